The van der Waals surface area contributed by atoms with Crippen molar-refractivity contribution in [3.05, 3.63) is 57.8 Å². The van der Waals surface area contributed by atoms with E-state index < -0.39 is 11.6 Å². The van der Waals surface area contributed by atoms with E-state index in [1.807, 2.05) is 0 Å². The summed E-state index contributed by atoms with van der Waals surface area (Å²) in [5.41, 5.74) is 1.54. The van der Waals surface area contributed by atoms with E-state index in [9.17, 15) is 8.78 Å². The zero-order valence-electron chi connectivity index (χ0n) is 10.4. The molecule has 3 aromatic rings. The number of nitrogens with zero attached hydrogens (tertiary/aromatic N) is 2. The normalized spacial score (nSPS) is 11.3. The van der Waals surface area contributed by atoms with Gasteiger partial charge in [0.25, 0.3) is 0 Å². The Kier molecular flexibility index (Phi) is 3.78. The smallest absolute Gasteiger partial charge is 0.160 e. The number of alkyl halides is 1. The lowest BCUT2D eigenvalue weighted by atomic mass is 10.2. The van der Waals surface area contributed by atoms with Gasteiger partial charge < -0.3 is 0 Å². The Hall–Kier alpha value is -1.36. The molecule has 1 heterocycles. The Morgan fingerprint density at radius 2 is 1.71 bits per heavy atom. The molecule has 2 aromatic carbocycles. The fourth-order valence-corrected chi connectivity index (χ4v) is 2.80. The van der Waals surface area contributed by atoms with Gasteiger partial charge in [0.1, 0.15) is 11.6 Å². The molecule has 2 nitrogen and oxygen atoms in total. The number of hydrogen-bond donors (Lipinski definition) is 0. The second-order valence-electron chi connectivity index (χ2n) is 4.35. The van der Waals surface area contributed by atoms with Crippen molar-refractivity contribution in [2.75, 3.05) is 0 Å². The van der Waals surface area contributed by atoms with E-state index in [4.69, 9.17) is 34.8 Å². The minimum atomic E-state index is -0.704. The van der Waals surface area contributed by atoms with E-state index in [1.54, 1.807) is 10.6 Å². The van der Waals surface area contributed by atoms with E-state index in [0.717, 1.165) is 0 Å². The lowest BCUT2D eigenvalue weighted by molar-refractivity contribution is 0.627. The maximum Gasteiger partial charge on any atom is 0.160 e. The van der Waals surface area contributed by atoms with E-state index >= 15 is 0 Å². The molecule has 0 aliphatic rings. The molecule has 108 valence electrons. The molecule has 0 spiro atoms. The molecule has 0 atom stereocenters. The first-order chi connectivity index (χ1) is 10.0. The second-order valence-corrected chi connectivity index (χ2v) is 5.44. The highest BCUT2D eigenvalue weighted by Gasteiger charge is 2.15. The zero-order valence-corrected chi connectivity index (χ0v) is 12.6. The summed E-state index contributed by atoms with van der Waals surface area (Å²) in [4.78, 5) is 4.31. The molecule has 0 fully saturated rings. The molecule has 1 aromatic heterocycles. The summed E-state index contributed by atoms with van der Waals surface area (Å²) >= 11 is 17.5. The minimum absolute atomic E-state index is 0.100. The molecule has 0 saturated heterocycles. The van der Waals surface area contributed by atoms with E-state index in [1.165, 1.54) is 24.3 Å². The molecule has 0 saturated carbocycles. The number of fused-ring (bicyclic) bond motifs is 1. The highest BCUT2D eigenvalue weighted by Crippen LogP contribution is 2.30. The van der Waals surface area contributed by atoms with Gasteiger partial charge in [0, 0.05) is 6.07 Å². The van der Waals surface area contributed by atoms with E-state index in [2.05, 4.69) is 4.98 Å². The van der Waals surface area contributed by atoms with Gasteiger partial charge in [-0.1, -0.05) is 23.2 Å². The van der Waals surface area contributed by atoms with Crippen molar-refractivity contribution in [3.63, 3.8) is 0 Å². The van der Waals surface area contributed by atoms with Gasteiger partial charge >= 0.3 is 0 Å². The average Bonchev–Trinajstić information content (AvgIpc) is 2.81. The van der Waals surface area contributed by atoms with Crippen LogP contribution < -0.4 is 0 Å². The van der Waals surface area contributed by atoms with Crippen LogP contribution in [0.4, 0.5) is 8.78 Å². The fraction of sp³-hybridized carbons (Fsp3) is 0.0714. The predicted octanol–water partition coefficient (Wildman–Crippen LogP) is 5.35. The van der Waals surface area contributed by atoms with Crippen molar-refractivity contribution in [1.82, 2.24) is 9.55 Å². The quantitative estimate of drug-likeness (QED) is 0.451. The van der Waals surface area contributed by atoms with Crippen molar-refractivity contribution in [2.45, 2.75) is 5.88 Å². The molecule has 0 amide bonds. The van der Waals surface area contributed by atoms with Crippen molar-refractivity contribution in [2.24, 2.45) is 0 Å². The second kappa shape index (κ2) is 5.44. The fourth-order valence-electron chi connectivity index (χ4n) is 2.15. The Bertz CT molecular complexity index is 823. The number of rotatable bonds is 2. The van der Waals surface area contributed by atoms with Gasteiger partial charge in [-0.3, -0.25) is 4.57 Å². The molecule has 0 aliphatic heterocycles. The van der Waals surface area contributed by atoms with Crippen LogP contribution in [-0.2, 0) is 5.88 Å². The first-order valence-electron chi connectivity index (χ1n) is 5.89. The van der Waals surface area contributed by atoms with Crippen molar-refractivity contribution >= 4 is 45.8 Å². The lowest BCUT2D eigenvalue weighted by Crippen LogP contribution is -2.00. The summed E-state index contributed by atoms with van der Waals surface area (Å²) in [6, 6.07) is 6.96. The highest BCUT2D eigenvalue weighted by atomic mass is 35.5. The van der Waals surface area contributed by atoms with Gasteiger partial charge in [-0.05, 0) is 24.3 Å². The molecule has 0 N–H and O–H groups in total. The van der Waals surface area contributed by atoms with Crippen LogP contribution in [0.3, 0.4) is 0 Å². The van der Waals surface area contributed by atoms with Gasteiger partial charge in [0.15, 0.2) is 5.82 Å². The van der Waals surface area contributed by atoms with Crippen molar-refractivity contribution in [1.29, 1.82) is 0 Å². The molecule has 0 aliphatic carbocycles. The molecule has 0 unspecified atom stereocenters. The van der Waals surface area contributed by atoms with Crippen LogP contribution in [0.1, 0.15) is 5.82 Å². The third kappa shape index (κ3) is 2.48. The Morgan fingerprint density at radius 1 is 1.05 bits per heavy atom. The monoisotopic (exact) mass is 346 g/mol. The first-order valence-corrected chi connectivity index (χ1v) is 7.18. The van der Waals surface area contributed by atoms with Crippen LogP contribution in [0.5, 0.6) is 0 Å². The minimum Gasteiger partial charge on any atom is -0.295 e. The van der Waals surface area contributed by atoms with Crippen LogP contribution in [0.2, 0.25) is 10.0 Å². The molecular formula is C14H7Cl3F2N2. The van der Waals surface area contributed by atoms with Crippen LogP contribution in [0.25, 0.3) is 16.7 Å². The van der Waals surface area contributed by atoms with Gasteiger partial charge in [-0.25, -0.2) is 13.8 Å². The average molecular weight is 348 g/mol. The van der Waals surface area contributed by atoms with Gasteiger partial charge in [-0.15, -0.1) is 11.6 Å². The van der Waals surface area contributed by atoms with Crippen LogP contribution in [0.15, 0.2) is 30.3 Å². The summed E-state index contributed by atoms with van der Waals surface area (Å²) in [6.07, 6.45) is 0. The van der Waals surface area contributed by atoms with Crippen LogP contribution in [0, 0.1) is 11.6 Å². The SMILES string of the molecule is Fc1ccc2nc(CCl)n(-c3cc(Cl)c(F)c(Cl)c3)c2c1. The Morgan fingerprint density at radius 3 is 2.33 bits per heavy atom. The number of imidazole rings is 1. The van der Waals surface area contributed by atoms with Crippen molar-refractivity contribution in [3.8, 4) is 5.69 Å². The maximum absolute atomic E-state index is 13.5. The summed E-state index contributed by atoms with van der Waals surface area (Å²) in [6.45, 7) is 0. The predicted molar refractivity (Wildman–Crippen MR) is 80.6 cm³/mol. The van der Waals surface area contributed by atoms with Gasteiger partial charge in [0.05, 0.1) is 32.6 Å². The third-order valence-corrected chi connectivity index (χ3v) is 3.82. The Labute approximate surface area is 133 Å². The molecule has 0 radical (unpaired) electrons. The van der Waals surface area contributed by atoms with Crippen molar-refractivity contribution < 1.29 is 8.78 Å². The molecule has 0 bridgehead atoms. The zero-order chi connectivity index (χ0) is 15.1. The standard InChI is InChI=1S/C14H7Cl3F2N2/c15-6-13-20-11-2-1-7(18)3-12(11)21(13)8-4-9(16)14(19)10(17)5-8/h1-5H,6H2. The lowest BCUT2D eigenvalue weighted by Gasteiger charge is -2.10. The van der Waals surface area contributed by atoms with E-state index in [-0.39, 0.29) is 15.9 Å². The molecule has 3 rings (SSSR count). The number of halogens is 5. The first kappa shape index (κ1) is 14.6. The topological polar surface area (TPSA) is 17.8 Å². The van der Waals surface area contributed by atoms with Crippen LogP contribution >= 0.6 is 34.8 Å². The Balaban J connectivity index is 2.35. The largest absolute Gasteiger partial charge is 0.295 e. The summed E-state index contributed by atoms with van der Waals surface area (Å²) < 4.78 is 28.6. The third-order valence-electron chi connectivity index (χ3n) is 3.03. The summed E-state index contributed by atoms with van der Waals surface area (Å²) in [5, 5.41) is -0.257. The molecular weight excluding hydrogens is 341 g/mol. The van der Waals surface area contributed by atoms with Gasteiger partial charge in [0.2, 0.25) is 0 Å². The summed E-state index contributed by atoms with van der Waals surface area (Å²) in [7, 11) is 0. The highest BCUT2D eigenvalue weighted by molar-refractivity contribution is 6.35. The number of hydrogen-bond acceptors (Lipinski definition) is 1. The van der Waals surface area contributed by atoms with Crippen LogP contribution in [-0.4, -0.2) is 9.55 Å². The maximum atomic E-state index is 13.5. The molecule has 21 heavy (non-hydrogen) atoms. The number of aromatic nitrogens is 2. The van der Waals surface area contributed by atoms with Gasteiger partial charge in [-0.2, -0.15) is 0 Å². The van der Waals surface area contributed by atoms with E-state index in [0.29, 0.717) is 22.5 Å². The summed E-state index contributed by atoms with van der Waals surface area (Å²) in [5.74, 6) is -0.534. The number of benzene rings is 2. The molecule has 7 heteroatoms.